The molecule has 0 aliphatic carbocycles. The van der Waals surface area contributed by atoms with Gasteiger partial charge in [0.25, 0.3) is 0 Å². The van der Waals surface area contributed by atoms with Crippen LogP contribution >= 0.6 is 12.2 Å². The van der Waals surface area contributed by atoms with Crippen LogP contribution in [0.25, 0.3) is 0 Å². The standard InChI is InChI=1S/C6H8F3N5O2S2/c7-6(8,9)2-12-18(15,16)14-5-3(4(10)17)1-11-13-5/h1,12H,2H2,(H2,10,17)(H2,11,13,14). The van der Waals surface area contributed by atoms with E-state index in [9.17, 15) is 21.6 Å². The van der Waals surface area contributed by atoms with Crippen LogP contribution in [0.1, 0.15) is 5.56 Å². The zero-order valence-electron chi connectivity index (χ0n) is 8.58. The highest BCUT2D eigenvalue weighted by Gasteiger charge is 2.29. The lowest BCUT2D eigenvalue weighted by atomic mass is 10.3. The third-order valence-electron chi connectivity index (χ3n) is 1.60. The van der Waals surface area contributed by atoms with Crippen LogP contribution in [0, 0.1) is 0 Å². The summed E-state index contributed by atoms with van der Waals surface area (Å²) in [6.07, 6.45) is -3.52. The van der Waals surface area contributed by atoms with Gasteiger partial charge in [0, 0.05) is 0 Å². The molecule has 12 heteroatoms. The van der Waals surface area contributed by atoms with Crippen LogP contribution in [-0.2, 0) is 10.2 Å². The fourth-order valence-electron chi connectivity index (χ4n) is 0.898. The Morgan fingerprint density at radius 3 is 2.67 bits per heavy atom. The van der Waals surface area contributed by atoms with Gasteiger partial charge in [-0.3, -0.25) is 9.82 Å². The van der Waals surface area contributed by atoms with Crippen LogP contribution < -0.4 is 15.2 Å². The number of nitrogens with zero attached hydrogens (tertiary/aromatic N) is 1. The molecule has 0 radical (unpaired) electrons. The van der Waals surface area contributed by atoms with Crippen molar-refractivity contribution in [2.75, 3.05) is 11.3 Å². The van der Waals surface area contributed by atoms with Gasteiger partial charge in [-0.2, -0.15) is 31.4 Å². The second-order valence-electron chi connectivity index (χ2n) is 3.06. The quantitative estimate of drug-likeness (QED) is 0.565. The Kier molecular flexibility index (Phi) is 4.13. The van der Waals surface area contributed by atoms with Crippen LogP contribution in [0.3, 0.4) is 0 Å². The van der Waals surface area contributed by atoms with Crippen LogP contribution in [0.4, 0.5) is 19.0 Å². The Morgan fingerprint density at radius 2 is 2.17 bits per heavy atom. The predicted molar refractivity (Wildman–Crippen MR) is 61.1 cm³/mol. The Labute approximate surface area is 105 Å². The summed E-state index contributed by atoms with van der Waals surface area (Å²) >= 11 is 4.60. The number of anilines is 1. The van der Waals surface area contributed by atoms with Gasteiger partial charge in [0.2, 0.25) is 0 Å². The van der Waals surface area contributed by atoms with Crippen LogP contribution in [0.5, 0.6) is 0 Å². The van der Waals surface area contributed by atoms with E-state index in [4.69, 9.17) is 5.73 Å². The van der Waals surface area contributed by atoms with Gasteiger partial charge in [-0.05, 0) is 0 Å². The zero-order chi connectivity index (χ0) is 14.0. The minimum Gasteiger partial charge on any atom is -0.389 e. The van der Waals surface area contributed by atoms with Gasteiger partial charge in [-0.15, -0.1) is 0 Å². The SMILES string of the molecule is NC(=S)c1cn[nH]c1NS(=O)(=O)NCC(F)(F)F. The molecular formula is C6H8F3N5O2S2. The van der Waals surface area contributed by atoms with Crippen molar-refractivity contribution in [3.8, 4) is 0 Å². The van der Waals surface area contributed by atoms with Crippen molar-refractivity contribution in [3.05, 3.63) is 11.8 Å². The number of hydrogen-bond donors (Lipinski definition) is 4. The van der Waals surface area contributed by atoms with Gasteiger partial charge in [-0.25, -0.2) is 0 Å². The van der Waals surface area contributed by atoms with Crippen molar-refractivity contribution in [1.29, 1.82) is 0 Å². The van der Waals surface area contributed by atoms with Crippen LogP contribution in [-0.4, -0.2) is 36.3 Å². The number of aromatic amines is 1. The molecule has 0 spiro atoms. The molecule has 0 saturated heterocycles. The van der Waals surface area contributed by atoms with E-state index in [0.717, 1.165) is 6.20 Å². The van der Waals surface area contributed by atoms with Crippen molar-refractivity contribution < 1.29 is 21.6 Å². The molecule has 1 aromatic rings. The third-order valence-corrected chi connectivity index (χ3v) is 2.82. The number of aromatic nitrogens is 2. The van der Waals surface area contributed by atoms with Gasteiger partial charge >= 0.3 is 16.4 Å². The van der Waals surface area contributed by atoms with Crippen molar-refractivity contribution >= 4 is 33.2 Å². The number of rotatable bonds is 5. The highest BCUT2D eigenvalue weighted by Crippen LogP contribution is 2.14. The molecule has 18 heavy (non-hydrogen) atoms. The number of alkyl halides is 3. The Morgan fingerprint density at radius 1 is 1.56 bits per heavy atom. The molecule has 1 heterocycles. The predicted octanol–water partition coefficient (Wildman–Crippen LogP) is -0.148. The molecule has 0 aliphatic heterocycles. The molecule has 0 aromatic carbocycles. The summed E-state index contributed by atoms with van der Waals surface area (Å²) in [7, 11) is -4.40. The molecule has 0 unspecified atom stereocenters. The van der Waals surface area contributed by atoms with Gasteiger partial charge in [0.1, 0.15) is 17.4 Å². The lowest BCUT2D eigenvalue weighted by Gasteiger charge is -2.10. The summed E-state index contributed by atoms with van der Waals surface area (Å²) in [6.45, 7) is -1.70. The number of thiocarbonyl (C=S) groups is 1. The van der Waals surface area contributed by atoms with Gasteiger partial charge in [0.05, 0.1) is 11.8 Å². The summed E-state index contributed by atoms with van der Waals surface area (Å²) in [5, 5.41) is 5.68. The molecule has 0 fully saturated rings. The van der Waals surface area contributed by atoms with E-state index in [2.05, 4.69) is 22.4 Å². The first kappa shape index (κ1) is 14.7. The summed E-state index contributed by atoms with van der Waals surface area (Å²) < 4.78 is 61.2. The number of H-pyrrole nitrogens is 1. The minimum absolute atomic E-state index is 0.0717. The van der Waals surface area contributed by atoms with Crippen molar-refractivity contribution in [1.82, 2.24) is 14.9 Å². The summed E-state index contributed by atoms with van der Waals surface area (Å²) in [5.41, 5.74) is 5.33. The molecule has 1 rings (SSSR count). The van der Waals surface area contributed by atoms with E-state index in [1.165, 1.54) is 4.72 Å². The maximum absolute atomic E-state index is 11.9. The van der Waals surface area contributed by atoms with Crippen LogP contribution in [0.2, 0.25) is 0 Å². The molecule has 0 saturated carbocycles. The molecule has 102 valence electrons. The molecule has 0 amide bonds. The Balaban J connectivity index is 2.77. The molecule has 7 nitrogen and oxygen atoms in total. The monoisotopic (exact) mass is 303 g/mol. The van der Waals surface area contributed by atoms with Crippen molar-refractivity contribution in [2.24, 2.45) is 5.73 Å². The lowest BCUT2D eigenvalue weighted by molar-refractivity contribution is -0.121. The smallest absolute Gasteiger partial charge is 0.389 e. The normalized spacial score (nSPS) is 12.4. The minimum atomic E-state index is -4.66. The topological polar surface area (TPSA) is 113 Å². The highest BCUT2D eigenvalue weighted by molar-refractivity contribution is 7.90. The fraction of sp³-hybridized carbons (Fsp3) is 0.333. The van der Waals surface area contributed by atoms with E-state index in [-0.39, 0.29) is 16.4 Å². The second-order valence-corrected chi connectivity index (χ2v) is 5.00. The largest absolute Gasteiger partial charge is 0.402 e. The first-order chi connectivity index (χ1) is 8.11. The lowest BCUT2D eigenvalue weighted by Crippen LogP contribution is -2.37. The average Bonchev–Trinajstić information content (AvgIpc) is 2.61. The molecule has 0 bridgehead atoms. The van der Waals surface area contributed by atoms with Crippen molar-refractivity contribution in [3.63, 3.8) is 0 Å². The number of nitrogens with two attached hydrogens (primary N) is 1. The molecule has 1 aromatic heterocycles. The summed E-state index contributed by atoms with van der Waals surface area (Å²) in [5.74, 6) is -0.211. The Hall–Kier alpha value is -1.40. The molecular weight excluding hydrogens is 295 g/mol. The van der Waals surface area contributed by atoms with Gasteiger partial charge < -0.3 is 5.73 Å². The third kappa shape index (κ3) is 4.46. The van der Waals surface area contributed by atoms with E-state index >= 15 is 0 Å². The van der Waals surface area contributed by atoms with E-state index in [1.807, 2.05) is 0 Å². The summed E-state index contributed by atoms with van der Waals surface area (Å²) in [6, 6.07) is 0. The average molecular weight is 303 g/mol. The summed E-state index contributed by atoms with van der Waals surface area (Å²) in [4.78, 5) is -0.155. The maximum atomic E-state index is 11.9. The maximum Gasteiger partial charge on any atom is 0.402 e. The molecule has 0 aliphatic rings. The van der Waals surface area contributed by atoms with Gasteiger partial charge in [0.15, 0.2) is 0 Å². The van der Waals surface area contributed by atoms with E-state index in [1.54, 1.807) is 4.72 Å². The molecule has 0 atom stereocenters. The Bertz CT molecular complexity index is 538. The fourth-order valence-corrected chi connectivity index (χ4v) is 1.90. The second kappa shape index (κ2) is 5.07. The number of hydrogen-bond acceptors (Lipinski definition) is 4. The van der Waals surface area contributed by atoms with Crippen LogP contribution in [0.15, 0.2) is 6.20 Å². The first-order valence-electron chi connectivity index (χ1n) is 4.28. The van der Waals surface area contributed by atoms with Crippen molar-refractivity contribution in [2.45, 2.75) is 6.18 Å². The van der Waals surface area contributed by atoms with Gasteiger partial charge in [-0.1, -0.05) is 12.2 Å². The number of nitrogens with one attached hydrogen (secondary N) is 3. The zero-order valence-corrected chi connectivity index (χ0v) is 10.2. The first-order valence-corrected chi connectivity index (χ1v) is 6.17. The van der Waals surface area contributed by atoms with E-state index in [0.29, 0.717) is 0 Å². The highest BCUT2D eigenvalue weighted by atomic mass is 32.2. The number of halogens is 3. The van der Waals surface area contributed by atoms with E-state index < -0.39 is 22.9 Å². The molecule has 5 N–H and O–H groups in total.